The maximum Gasteiger partial charge on any atom is 0.408 e. The van der Waals surface area contributed by atoms with Crippen LogP contribution < -0.4 is 5.32 Å². The van der Waals surface area contributed by atoms with E-state index in [0.717, 1.165) is 23.7 Å². The SMILES string of the molecule is CC[Si](CC)(CC)O[C@H]1C[C@H]2OC[C@@]2(OC(C)=O)[C@H]2[C@H](OC(=O)c3ccccc3)[C@]3(O)C[C@H](OC(=O)[C@H](O[Si](C(C)C)(C(C)C)C(C)C)[C@H](C=C(C)C)NC(=O)OC(C)(C)C)C(C)=C([C@@H](O)C(=O)[C@]12C)C3(C)C. The van der Waals surface area contributed by atoms with E-state index < -0.39 is 129 Å². The summed E-state index contributed by atoms with van der Waals surface area (Å²) in [6.07, 6.45) is -7.56. The first-order valence-electron chi connectivity index (χ1n) is 26.6. The molecule has 2 saturated carbocycles. The van der Waals surface area contributed by atoms with Gasteiger partial charge < -0.3 is 48.1 Å². The van der Waals surface area contributed by atoms with Crippen molar-refractivity contribution in [3.63, 3.8) is 0 Å². The number of rotatable bonds is 18. The molecule has 3 fully saturated rings. The first kappa shape index (κ1) is 60.2. The molecule has 410 valence electrons. The zero-order valence-electron chi connectivity index (χ0n) is 47.4. The standard InChI is InChI=1S/C56H89NO14Si2/c1-20-72(21-2,22-3)70-41-29-42-55(31-65-42,68-37(13)58)46-48(67-49(61)38-26-24-23-25-27-38)56(64)30-40(36(12)43(53(56,17)18)44(59)47(60)54(41,46)19)66-50(62)45(71-73(33(6)7,34(8)9)35(10)11)39(28-32(4)5)57-51(63)69-52(14,15)16/h23-28,33-35,39-42,44-46,48,59,64H,20-22,29-31H2,1-19H3,(H,57,63)/t39-,40-,41-,42+,44+,45+,46-,48-,54+,55-,56+/m0/s1. The molecule has 1 aromatic rings. The largest absolute Gasteiger partial charge is 0.456 e. The molecule has 1 saturated heterocycles. The summed E-state index contributed by atoms with van der Waals surface area (Å²) in [5, 5.41) is 30.2. The molecule has 1 aliphatic heterocycles. The lowest BCUT2D eigenvalue weighted by Gasteiger charge is -2.68. The number of carbonyl (C=O) groups excluding carboxylic acids is 5. The van der Waals surface area contributed by atoms with E-state index in [1.807, 2.05) is 13.8 Å². The summed E-state index contributed by atoms with van der Waals surface area (Å²) in [6.45, 7) is 35.3. The van der Waals surface area contributed by atoms with E-state index >= 15 is 9.59 Å². The van der Waals surface area contributed by atoms with Gasteiger partial charge in [-0.1, -0.05) is 106 Å². The molecule has 5 rings (SSSR count). The van der Waals surface area contributed by atoms with Gasteiger partial charge in [0.05, 0.1) is 35.6 Å². The summed E-state index contributed by atoms with van der Waals surface area (Å²) >= 11 is 0. The van der Waals surface area contributed by atoms with Crippen molar-refractivity contribution in [1.29, 1.82) is 0 Å². The summed E-state index contributed by atoms with van der Waals surface area (Å²) in [6, 6.07) is 9.31. The molecule has 15 nitrogen and oxygen atoms in total. The smallest absolute Gasteiger partial charge is 0.408 e. The summed E-state index contributed by atoms with van der Waals surface area (Å²) < 4.78 is 46.4. The van der Waals surface area contributed by atoms with Crippen molar-refractivity contribution >= 4 is 46.4 Å². The fourth-order valence-corrected chi connectivity index (χ4v) is 21.8. The van der Waals surface area contributed by atoms with E-state index in [1.165, 1.54) is 6.92 Å². The summed E-state index contributed by atoms with van der Waals surface area (Å²) in [5.41, 5.74) is -6.90. The van der Waals surface area contributed by atoms with Crippen LogP contribution in [0.4, 0.5) is 4.79 Å². The molecule has 1 amide bonds. The van der Waals surface area contributed by atoms with E-state index in [4.69, 9.17) is 32.5 Å². The van der Waals surface area contributed by atoms with Gasteiger partial charge in [0.2, 0.25) is 8.32 Å². The average Bonchev–Trinajstić information content (AvgIpc) is 3.28. The van der Waals surface area contributed by atoms with E-state index in [1.54, 1.807) is 84.9 Å². The molecule has 1 heterocycles. The molecule has 0 radical (unpaired) electrons. The highest BCUT2D eigenvalue weighted by atomic mass is 28.4. The Morgan fingerprint density at radius 2 is 1.47 bits per heavy atom. The normalized spacial score (nSPS) is 29.9. The maximum absolute atomic E-state index is 16.1. The van der Waals surface area contributed by atoms with Gasteiger partial charge in [-0.25, -0.2) is 14.4 Å². The molecule has 11 atom stereocenters. The molecule has 3 aliphatic carbocycles. The third-order valence-electron chi connectivity index (χ3n) is 17.3. The predicted molar refractivity (Wildman–Crippen MR) is 284 cm³/mol. The van der Waals surface area contributed by atoms with Crippen LogP contribution in [0, 0.1) is 16.7 Å². The average molecular weight is 1060 g/mol. The van der Waals surface area contributed by atoms with Gasteiger partial charge in [-0.2, -0.15) is 0 Å². The number of carbonyl (C=O) groups is 5. The first-order chi connectivity index (χ1) is 33.7. The Labute approximate surface area is 437 Å². The van der Waals surface area contributed by atoms with E-state index in [0.29, 0.717) is 5.57 Å². The van der Waals surface area contributed by atoms with Crippen molar-refractivity contribution in [1.82, 2.24) is 5.32 Å². The minimum atomic E-state index is -2.98. The first-order valence-corrected chi connectivity index (χ1v) is 31.3. The second-order valence-electron chi connectivity index (χ2n) is 24.2. The number of nitrogens with one attached hydrogen (secondary N) is 1. The van der Waals surface area contributed by atoms with Gasteiger partial charge in [0, 0.05) is 25.2 Å². The lowest BCUT2D eigenvalue weighted by atomic mass is 9.44. The number of allylic oxidation sites excluding steroid dienone is 1. The Morgan fingerprint density at radius 3 is 1.93 bits per heavy atom. The Balaban J connectivity index is 1.83. The van der Waals surface area contributed by atoms with Crippen LogP contribution in [0.25, 0.3) is 0 Å². The van der Waals surface area contributed by atoms with Crippen LogP contribution in [0.3, 0.4) is 0 Å². The molecule has 4 aliphatic rings. The minimum Gasteiger partial charge on any atom is -0.456 e. The molecular weight excluding hydrogens is 967 g/mol. The molecule has 0 unspecified atom stereocenters. The zero-order valence-corrected chi connectivity index (χ0v) is 49.4. The fourth-order valence-electron chi connectivity index (χ4n) is 13.3. The number of esters is 3. The van der Waals surface area contributed by atoms with Gasteiger partial charge in [-0.15, -0.1) is 0 Å². The number of Topliss-reactive ketones (excluding diaryl/α,β-unsaturated/α-hetero) is 1. The second-order valence-corrected chi connectivity index (χ2v) is 34.3. The fraction of sp³-hybridized carbons (Fsp3) is 0.732. The van der Waals surface area contributed by atoms with Crippen molar-refractivity contribution < 1.29 is 66.7 Å². The number of aliphatic hydroxyl groups is 2. The van der Waals surface area contributed by atoms with Gasteiger partial charge in [0.15, 0.2) is 25.8 Å². The van der Waals surface area contributed by atoms with Gasteiger partial charge in [0.25, 0.3) is 0 Å². The van der Waals surface area contributed by atoms with Crippen LogP contribution in [0.15, 0.2) is 53.1 Å². The van der Waals surface area contributed by atoms with Crippen LogP contribution in [0.5, 0.6) is 0 Å². The van der Waals surface area contributed by atoms with Crippen molar-refractivity contribution in [3.05, 3.63) is 58.7 Å². The summed E-state index contributed by atoms with van der Waals surface area (Å²) in [5.74, 6) is -4.45. The maximum atomic E-state index is 16.1. The van der Waals surface area contributed by atoms with Crippen LogP contribution in [0.2, 0.25) is 34.8 Å². The van der Waals surface area contributed by atoms with Crippen molar-refractivity contribution in [2.45, 2.75) is 239 Å². The Bertz CT molecular complexity index is 2230. The van der Waals surface area contributed by atoms with Gasteiger partial charge in [-0.05, 0) is 107 Å². The number of alkyl carbamates (subject to hydrolysis) is 1. The molecule has 2 bridgehead atoms. The Hall–Kier alpha value is -3.72. The number of benzene rings is 1. The van der Waals surface area contributed by atoms with E-state index in [-0.39, 0.29) is 40.8 Å². The number of hydrogen-bond acceptors (Lipinski definition) is 14. The quantitative estimate of drug-likeness (QED) is 0.0542. The summed E-state index contributed by atoms with van der Waals surface area (Å²) in [4.78, 5) is 73.6. The highest BCUT2D eigenvalue weighted by Crippen LogP contribution is 2.65. The van der Waals surface area contributed by atoms with Crippen molar-refractivity contribution in [3.8, 4) is 0 Å². The van der Waals surface area contributed by atoms with Gasteiger partial charge in [0.1, 0.15) is 35.6 Å². The van der Waals surface area contributed by atoms with Crippen LogP contribution in [-0.2, 0) is 46.9 Å². The van der Waals surface area contributed by atoms with E-state index in [9.17, 15) is 24.6 Å². The molecule has 1 aromatic carbocycles. The zero-order chi connectivity index (χ0) is 55.2. The lowest BCUT2D eigenvalue weighted by Crippen LogP contribution is -2.82. The topological polar surface area (TPSA) is 202 Å². The summed E-state index contributed by atoms with van der Waals surface area (Å²) in [7, 11) is -5.58. The van der Waals surface area contributed by atoms with E-state index in [2.05, 4.69) is 67.6 Å². The van der Waals surface area contributed by atoms with Crippen LogP contribution in [0.1, 0.15) is 155 Å². The third kappa shape index (κ3) is 11.0. The number of ketones is 1. The number of ether oxygens (including phenoxy) is 5. The Kier molecular flexibility index (Phi) is 18.2. The van der Waals surface area contributed by atoms with Gasteiger partial charge >= 0.3 is 24.0 Å². The lowest BCUT2D eigenvalue weighted by molar-refractivity contribution is -0.344. The van der Waals surface area contributed by atoms with Crippen LogP contribution in [-0.4, -0.2) is 123 Å². The monoisotopic (exact) mass is 1060 g/mol. The Morgan fingerprint density at radius 1 is 0.904 bits per heavy atom. The highest BCUT2D eigenvalue weighted by Gasteiger charge is 2.78. The number of aliphatic hydroxyl groups excluding tert-OH is 1. The highest BCUT2D eigenvalue weighted by molar-refractivity contribution is 6.77. The number of hydrogen-bond donors (Lipinski definition) is 3. The van der Waals surface area contributed by atoms with Crippen LogP contribution >= 0.6 is 0 Å². The third-order valence-corrected chi connectivity index (χ3v) is 28.0. The number of fused-ring (bicyclic) bond motifs is 5. The molecule has 3 N–H and O–H groups in total. The predicted octanol–water partition coefficient (Wildman–Crippen LogP) is 10.1. The van der Waals surface area contributed by atoms with Gasteiger partial charge in [-0.3, -0.25) is 9.59 Å². The molecule has 73 heavy (non-hydrogen) atoms. The number of amides is 1. The van der Waals surface area contributed by atoms with Crippen molar-refractivity contribution in [2.24, 2.45) is 16.7 Å². The molecule has 17 heteroatoms. The van der Waals surface area contributed by atoms with Crippen molar-refractivity contribution in [2.75, 3.05) is 6.61 Å². The molecule has 0 aromatic heterocycles. The minimum absolute atomic E-state index is 0.00849. The second kappa shape index (κ2) is 22.1. The molecule has 0 spiro atoms. The molecular formula is C56H89NO14Si2.